The van der Waals surface area contributed by atoms with Crippen molar-refractivity contribution in [2.24, 2.45) is 0 Å². The molecule has 1 aromatic carbocycles. The van der Waals surface area contributed by atoms with Crippen molar-refractivity contribution in [2.75, 3.05) is 7.11 Å². The van der Waals surface area contributed by atoms with Crippen LogP contribution in [0.15, 0.2) is 24.3 Å². The molecule has 0 bridgehead atoms. The van der Waals surface area contributed by atoms with Gasteiger partial charge in [0.1, 0.15) is 6.04 Å². The van der Waals surface area contributed by atoms with Crippen molar-refractivity contribution >= 4 is 29.7 Å². The summed E-state index contributed by atoms with van der Waals surface area (Å²) in [6, 6.07) is 4.57. The van der Waals surface area contributed by atoms with Gasteiger partial charge in [-0.1, -0.05) is 17.2 Å². The maximum Gasteiger partial charge on any atom is 0.355 e. The zero-order chi connectivity index (χ0) is 17.9. The maximum atomic E-state index is 12.1. The molecule has 1 N–H and O–H groups in total. The lowest BCUT2D eigenvalue weighted by atomic mass is 10.1. The molecule has 1 heterocycles. The summed E-state index contributed by atoms with van der Waals surface area (Å²) in [5.74, 6) is -4.10. The lowest BCUT2D eigenvalue weighted by Crippen LogP contribution is -2.46. The van der Waals surface area contributed by atoms with Crippen LogP contribution in [0.4, 0.5) is 0 Å². The van der Waals surface area contributed by atoms with E-state index in [2.05, 4.69) is 10.1 Å². The van der Waals surface area contributed by atoms with Gasteiger partial charge in [-0.15, -0.1) is 0 Å². The van der Waals surface area contributed by atoms with E-state index in [1.807, 2.05) is 0 Å². The van der Waals surface area contributed by atoms with Crippen LogP contribution >= 0.6 is 0 Å². The predicted octanol–water partition coefficient (Wildman–Crippen LogP) is -0.191. The van der Waals surface area contributed by atoms with Crippen molar-refractivity contribution in [2.45, 2.75) is 19.4 Å². The number of amides is 3. The second kappa shape index (κ2) is 6.90. The van der Waals surface area contributed by atoms with Crippen molar-refractivity contribution in [3.63, 3.8) is 0 Å². The molecule has 3 amide bonds. The van der Waals surface area contributed by atoms with Crippen molar-refractivity contribution in [3.05, 3.63) is 35.4 Å². The number of ether oxygens (including phenoxy) is 1. The normalized spacial score (nSPS) is 14.0. The highest BCUT2D eigenvalue weighted by Crippen LogP contribution is 2.23. The Morgan fingerprint density at radius 3 is 2.12 bits per heavy atom. The van der Waals surface area contributed by atoms with E-state index in [1.165, 1.54) is 12.1 Å². The van der Waals surface area contributed by atoms with E-state index in [4.69, 9.17) is 4.84 Å². The van der Waals surface area contributed by atoms with Gasteiger partial charge in [-0.25, -0.2) is 4.79 Å². The van der Waals surface area contributed by atoms with Crippen LogP contribution in [0.5, 0.6) is 0 Å². The Hall–Kier alpha value is -3.23. The van der Waals surface area contributed by atoms with Crippen LogP contribution in [0.1, 0.15) is 34.1 Å². The number of benzene rings is 1. The van der Waals surface area contributed by atoms with Gasteiger partial charge in [-0.3, -0.25) is 19.2 Å². The molecule has 1 aliphatic heterocycles. The van der Waals surface area contributed by atoms with Gasteiger partial charge in [0, 0.05) is 6.92 Å². The summed E-state index contributed by atoms with van der Waals surface area (Å²) >= 11 is 0. The number of nitrogens with one attached hydrogen (secondary N) is 1. The minimum Gasteiger partial charge on any atom is -0.469 e. The number of hydrogen-bond acceptors (Lipinski definition) is 7. The molecule has 2 rings (SSSR count). The smallest absolute Gasteiger partial charge is 0.355 e. The lowest BCUT2D eigenvalue weighted by molar-refractivity contribution is -0.173. The zero-order valence-electron chi connectivity index (χ0n) is 12.9. The number of nitrogens with zero attached hydrogens (tertiary/aromatic N) is 1. The molecule has 0 radical (unpaired) electrons. The van der Waals surface area contributed by atoms with Gasteiger partial charge in [0.05, 0.1) is 24.7 Å². The minimum atomic E-state index is -1.39. The van der Waals surface area contributed by atoms with E-state index < -0.39 is 42.1 Å². The lowest BCUT2D eigenvalue weighted by Gasteiger charge is -2.18. The van der Waals surface area contributed by atoms with E-state index in [0.29, 0.717) is 5.06 Å². The standard InChI is InChI=1S/C15H14N2O7/c1-8(18)16-11(7-12(19)23-2)15(22)24-17-13(20)9-5-3-4-6-10(9)14(17)21/h3-6,11H,7H2,1-2H3,(H,16,18). The van der Waals surface area contributed by atoms with Crippen LogP contribution < -0.4 is 5.32 Å². The summed E-state index contributed by atoms with van der Waals surface area (Å²) in [6.07, 6.45) is -0.502. The third kappa shape index (κ3) is 3.40. The topological polar surface area (TPSA) is 119 Å². The highest BCUT2D eigenvalue weighted by molar-refractivity contribution is 6.21. The Morgan fingerprint density at radius 1 is 1.12 bits per heavy atom. The first-order chi connectivity index (χ1) is 11.3. The number of rotatable bonds is 5. The van der Waals surface area contributed by atoms with Crippen molar-refractivity contribution in [1.82, 2.24) is 10.4 Å². The highest BCUT2D eigenvalue weighted by atomic mass is 16.7. The summed E-state index contributed by atoms with van der Waals surface area (Å²) in [4.78, 5) is 63.6. The fourth-order valence-corrected chi connectivity index (χ4v) is 2.09. The van der Waals surface area contributed by atoms with E-state index in [0.717, 1.165) is 14.0 Å². The van der Waals surface area contributed by atoms with E-state index in [1.54, 1.807) is 12.1 Å². The Bertz CT molecular complexity index is 693. The van der Waals surface area contributed by atoms with Crippen molar-refractivity contribution < 1.29 is 33.5 Å². The average molecular weight is 334 g/mol. The van der Waals surface area contributed by atoms with Crippen molar-refractivity contribution in [1.29, 1.82) is 0 Å². The SMILES string of the molecule is COC(=O)CC(NC(C)=O)C(=O)ON1C(=O)c2ccccc2C1=O. The average Bonchev–Trinajstić information content (AvgIpc) is 2.79. The largest absolute Gasteiger partial charge is 0.469 e. The molecule has 0 saturated heterocycles. The maximum absolute atomic E-state index is 12.1. The molecule has 24 heavy (non-hydrogen) atoms. The first-order valence-electron chi connectivity index (χ1n) is 6.88. The fraction of sp³-hybridized carbons (Fsp3) is 0.267. The van der Waals surface area contributed by atoms with Crippen LogP contribution in [-0.2, 0) is 24.0 Å². The van der Waals surface area contributed by atoms with Crippen molar-refractivity contribution in [3.8, 4) is 0 Å². The Kier molecular flexibility index (Phi) is 4.93. The van der Waals surface area contributed by atoms with Crippen LogP contribution in [0.2, 0.25) is 0 Å². The van der Waals surface area contributed by atoms with Gasteiger partial charge >= 0.3 is 11.9 Å². The molecule has 0 fully saturated rings. The van der Waals surface area contributed by atoms with Gasteiger partial charge < -0.3 is 14.9 Å². The van der Waals surface area contributed by atoms with Gasteiger partial charge in [-0.2, -0.15) is 0 Å². The van der Waals surface area contributed by atoms with Gasteiger partial charge in [-0.05, 0) is 12.1 Å². The monoisotopic (exact) mass is 334 g/mol. The predicted molar refractivity (Wildman–Crippen MR) is 77.3 cm³/mol. The number of hydrogen-bond donors (Lipinski definition) is 1. The molecule has 0 saturated carbocycles. The zero-order valence-corrected chi connectivity index (χ0v) is 12.9. The van der Waals surface area contributed by atoms with Gasteiger partial charge in [0.2, 0.25) is 5.91 Å². The fourth-order valence-electron chi connectivity index (χ4n) is 2.09. The Morgan fingerprint density at radius 2 is 1.67 bits per heavy atom. The Balaban J connectivity index is 2.15. The molecule has 0 spiro atoms. The molecule has 1 aromatic rings. The number of imide groups is 1. The molecule has 0 aliphatic carbocycles. The minimum absolute atomic E-state index is 0.0966. The quantitative estimate of drug-likeness (QED) is 0.585. The number of methoxy groups -OCH3 is 1. The second-order valence-corrected chi connectivity index (χ2v) is 4.89. The first-order valence-corrected chi connectivity index (χ1v) is 6.88. The third-order valence-corrected chi connectivity index (χ3v) is 3.20. The summed E-state index contributed by atoms with van der Waals surface area (Å²) in [5.41, 5.74) is 0.193. The summed E-state index contributed by atoms with van der Waals surface area (Å²) in [6.45, 7) is 1.14. The van der Waals surface area contributed by atoms with Crippen LogP contribution in [0.3, 0.4) is 0 Å². The number of carbonyl (C=O) groups excluding carboxylic acids is 5. The van der Waals surface area contributed by atoms with E-state index in [-0.39, 0.29) is 11.1 Å². The van der Waals surface area contributed by atoms with Gasteiger partial charge in [0.15, 0.2) is 0 Å². The summed E-state index contributed by atoms with van der Waals surface area (Å²) in [5, 5.41) is 2.51. The molecule has 1 unspecified atom stereocenters. The van der Waals surface area contributed by atoms with E-state index in [9.17, 15) is 24.0 Å². The first kappa shape index (κ1) is 17.1. The Labute approximate surface area is 136 Å². The number of hydroxylamine groups is 2. The number of carbonyl (C=O) groups is 5. The molecule has 1 atom stereocenters. The van der Waals surface area contributed by atoms with Crippen LogP contribution in [0, 0.1) is 0 Å². The second-order valence-electron chi connectivity index (χ2n) is 4.89. The molecule has 9 heteroatoms. The molecular formula is C15H14N2O7. The van der Waals surface area contributed by atoms with Gasteiger partial charge in [0.25, 0.3) is 11.8 Å². The molecule has 1 aliphatic rings. The van der Waals surface area contributed by atoms with Crippen LogP contribution in [0.25, 0.3) is 0 Å². The third-order valence-electron chi connectivity index (χ3n) is 3.20. The molecular weight excluding hydrogens is 320 g/mol. The van der Waals surface area contributed by atoms with E-state index >= 15 is 0 Å². The molecule has 9 nitrogen and oxygen atoms in total. The molecule has 0 aromatic heterocycles. The molecule has 126 valence electrons. The number of fused-ring (bicyclic) bond motifs is 1. The summed E-state index contributed by atoms with van der Waals surface area (Å²) < 4.78 is 4.43. The summed E-state index contributed by atoms with van der Waals surface area (Å²) in [7, 11) is 1.11. The highest BCUT2D eigenvalue weighted by Gasteiger charge is 2.40. The number of esters is 1. The van der Waals surface area contributed by atoms with Crippen LogP contribution in [-0.4, -0.2) is 47.9 Å².